The first kappa shape index (κ1) is 17.1. The summed E-state index contributed by atoms with van der Waals surface area (Å²) in [6, 6.07) is 18.2. The van der Waals surface area contributed by atoms with Crippen LogP contribution in [0.4, 0.5) is 0 Å². The Hall–Kier alpha value is -1.76. The molecule has 1 unspecified atom stereocenters. The Bertz CT molecular complexity index is 662. The molecule has 0 saturated carbocycles. The average Bonchev–Trinajstić information content (AvgIpc) is 2.77. The second-order valence-corrected chi connectivity index (χ2v) is 6.32. The minimum Gasteiger partial charge on any atom is -0.394 e. The lowest BCUT2D eigenvalue weighted by molar-refractivity contribution is -0.267. The average molecular weight is 330 g/mol. The van der Waals surface area contributed by atoms with E-state index >= 15 is 0 Å². The highest BCUT2D eigenvalue weighted by Gasteiger charge is 2.64. The monoisotopic (exact) mass is 330 g/mol. The van der Waals surface area contributed by atoms with E-state index in [0.717, 1.165) is 11.1 Å². The first-order valence-corrected chi connectivity index (χ1v) is 7.98. The molecule has 0 radical (unpaired) electrons. The fourth-order valence-electron chi connectivity index (χ4n) is 3.31. The lowest BCUT2D eigenvalue weighted by Crippen LogP contribution is -2.59. The lowest BCUT2D eigenvalue weighted by atomic mass is 9.79. The highest BCUT2D eigenvalue weighted by Crippen LogP contribution is 2.42. The third-order valence-corrected chi connectivity index (χ3v) is 4.65. The molecule has 1 aliphatic heterocycles. The van der Waals surface area contributed by atoms with E-state index in [1.807, 2.05) is 48.5 Å². The van der Waals surface area contributed by atoms with Crippen molar-refractivity contribution in [3.8, 4) is 0 Å². The molecule has 3 rings (SSSR count). The molecular weight excluding hydrogens is 308 g/mol. The molecule has 1 saturated heterocycles. The zero-order valence-corrected chi connectivity index (χ0v) is 13.2. The van der Waals surface area contributed by atoms with E-state index in [2.05, 4.69) is 0 Å². The molecule has 0 spiro atoms. The van der Waals surface area contributed by atoms with Crippen LogP contribution in [-0.2, 0) is 17.6 Å². The van der Waals surface area contributed by atoms with Crippen LogP contribution >= 0.6 is 0 Å². The van der Waals surface area contributed by atoms with Crippen molar-refractivity contribution < 1.29 is 25.2 Å². The molecule has 1 fully saturated rings. The van der Waals surface area contributed by atoms with Crippen molar-refractivity contribution in [1.82, 2.24) is 0 Å². The Balaban J connectivity index is 1.95. The Morgan fingerprint density at radius 1 is 0.833 bits per heavy atom. The maximum absolute atomic E-state index is 11.2. The highest BCUT2D eigenvalue weighted by atomic mass is 16.7. The van der Waals surface area contributed by atoms with Gasteiger partial charge in [-0.1, -0.05) is 60.7 Å². The minimum absolute atomic E-state index is 0.00470. The van der Waals surface area contributed by atoms with Gasteiger partial charge in [-0.15, -0.1) is 0 Å². The molecular formula is C19H22O5. The van der Waals surface area contributed by atoms with Gasteiger partial charge in [0.15, 0.2) is 5.60 Å². The molecule has 2 aromatic carbocycles. The van der Waals surface area contributed by atoms with Gasteiger partial charge >= 0.3 is 0 Å². The SMILES string of the molecule is OC[C@H]1OC(O)(Cc2ccccc2)[C@](O)(Cc2ccccc2)[C@@H]1O. The van der Waals surface area contributed by atoms with E-state index in [0.29, 0.717) is 0 Å². The molecule has 0 aliphatic carbocycles. The van der Waals surface area contributed by atoms with Crippen LogP contribution in [0.5, 0.6) is 0 Å². The lowest BCUT2D eigenvalue weighted by Gasteiger charge is -2.38. The predicted molar refractivity (Wildman–Crippen MR) is 88.2 cm³/mol. The van der Waals surface area contributed by atoms with Crippen LogP contribution in [0, 0.1) is 0 Å². The molecule has 24 heavy (non-hydrogen) atoms. The van der Waals surface area contributed by atoms with Crippen LogP contribution in [0.3, 0.4) is 0 Å². The number of ether oxygens (including phenoxy) is 1. The number of benzene rings is 2. The molecule has 1 aliphatic rings. The number of hydrogen-bond acceptors (Lipinski definition) is 5. The number of hydrogen-bond donors (Lipinski definition) is 4. The molecule has 5 heteroatoms. The summed E-state index contributed by atoms with van der Waals surface area (Å²) in [5, 5.41) is 42.1. The fourth-order valence-corrected chi connectivity index (χ4v) is 3.31. The van der Waals surface area contributed by atoms with Gasteiger partial charge in [-0.3, -0.25) is 0 Å². The second kappa shape index (κ2) is 6.63. The summed E-state index contributed by atoms with van der Waals surface area (Å²) >= 11 is 0. The first-order chi connectivity index (χ1) is 11.5. The standard InChI is InChI=1S/C19H22O5/c20-13-16-17(21)18(22,11-14-7-3-1-4-8-14)19(23,24-16)12-15-9-5-2-6-10-15/h1-10,16-17,20-23H,11-13H2/t16-,17-,18+,19?/m1/s1. The third-order valence-electron chi connectivity index (χ3n) is 4.65. The van der Waals surface area contributed by atoms with Gasteiger partial charge in [-0.05, 0) is 11.1 Å². The summed E-state index contributed by atoms with van der Waals surface area (Å²) < 4.78 is 5.51. The first-order valence-electron chi connectivity index (χ1n) is 7.98. The van der Waals surface area contributed by atoms with Crippen LogP contribution in [-0.4, -0.2) is 50.6 Å². The molecule has 0 aromatic heterocycles. The Morgan fingerprint density at radius 2 is 1.33 bits per heavy atom. The molecule has 1 heterocycles. The van der Waals surface area contributed by atoms with E-state index in [-0.39, 0.29) is 12.8 Å². The van der Waals surface area contributed by atoms with E-state index in [1.54, 1.807) is 12.1 Å². The number of rotatable bonds is 5. The van der Waals surface area contributed by atoms with Crippen LogP contribution < -0.4 is 0 Å². The summed E-state index contributed by atoms with van der Waals surface area (Å²) in [6.07, 6.45) is -2.44. The van der Waals surface area contributed by atoms with Crippen molar-refractivity contribution >= 4 is 0 Å². The van der Waals surface area contributed by atoms with Crippen LogP contribution in [0.1, 0.15) is 11.1 Å². The molecule has 0 amide bonds. The summed E-state index contributed by atoms with van der Waals surface area (Å²) in [7, 11) is 0. The zero-order chi connectivity index (χ0) is 17.2. The fraction of sp³-hybridized carbons (Fsp3) is 0.368. The summed E-state index contributed by atoms with van der Waals surface area (Å²) in [5.41, 5.74) is -0.414. The summed E-state index contributed by atoms with van der Waals surface area (Å²) in [4.78, 5) is 0. The maximum Gasteiger partial charge on any atom is 0.202 e. The topological polar surface area (TPSA) is 90.2 Å². The van der Waals surface area contributed by atoms with Crippen LogP contribution in [0.25, 0.3) is 0 Å². The smallest absolute Gasteiger partial charge is 0.202 e. The molecule has 128 valence electrons. The molecule has 4 N–H and O–H groups in total. The Kier molecular flexibility index (Phi) is 4.71. The number of aliphatic hydroxyl groups excluding tert-OH is 2. The van der Waals surface area contributed by atoms with Gasteiger partial charge in [-0.2, -0.15) is 0 Å². The van der Waals surface area contributed by atoms with Crippen molar-refractivity contribution in [2.24, 2.45) is 0 Å². The van der Waals surface area contributed by atoms with Crippen molar-refractivity contribution in [1.29, 1.82) is 0 Å². The van der Waals surface area contributed by atoms with E-state index in [9.17, 15) is 20.4 Å². The van der Waals surface area contributed by atoms with E-state index in [1.165, 1.54) is 0 Å². The van der Waals surface area contributed by atoms with Gasteiger partial charge < -0.3 is 25.2 Å². The van der Waals surface area contributed by atoms with Crippen molar-refractivity contribution in [2.75, 3.05) is 6.61 Å². The molecule has 0 bridgehead atoms. The highest BCUT2D eigenvalue weighted by molar-refractivity contribution is 5.25. The quantitative estimate of drug-likeness (QED) is 0.646. The van der Waals surface area contributed by atoms with Gasteiger partial charge in [0.25, 0.3) is 0 Å². The van der Waals surface area contributed by atoms with Crippen LogP contribution in [0.15, 0.2) is 60.7 Å². The van der Waals surface area contributed by atoms with E-state index < -0.39 is 30.2 Å². The van der Waals surface area contributed by atoms with Crippen molar-refractivity contribution in [2.45, 2.75) is 36.4 Å². The second-order valence-electron chi connectivity index (χ2n) is 6.32. The van der Waals surface area contributed by atoms with Gasteiger partial charge in [-0.25, -0.2) is 0 Å². The summed E-state index contributed by atoms with van der Waals surface area (Å²) in [6.45, 7) is -0.491. The van der Waals surface area contributed by atoms with Gasteiger partial charge in [0.2, 0.25) is 5.79 Å². The van der Waals surface area contributed by atoms with E-state index in [4.69, 9.17) is 4.74 Å². The molecule has 5 nitrogen and oxygen atoms in total. The summed E-state index contributed by atoms with van der Waals surface area (Å²) in [5.74, 6) is -2.00. The largest absolute Gasteiger partial charge is 0.394 e. The van der Waals surface area contributed by atoms with Crippen molar-refractivity contribution in [3.05, 3.63) is 71.8 Å². The minimum atomic E-state index is -2.00. The maximum atomic E-state index is 11.2. The Labute approximate surface area is 140 Å². The van der Waals surface area contributed by atoms with Gasteiger partial charge in [0.05, 0.1) is 6.61 Å². The zero-order valence-electron chi connectivity index (χ0n) is 13.2. The third kappa shape index (κ3) is 2.97. The van der Waals surface area contributed by atoms with Gasteiger partial charge in [0, 0.05) is 12.8 Å². The number of aliphatic hydroxyl groups is 4. The van der Waals surface area contributed by atoms with Gasteiger partial charge in [0.1, 0.15) is 12.2 Å². The Morgan fingerprint density at radius 3 is 1.83 bits per heavy atom. The molecule has 2 aromatic rings. The normalized spacial score (nSPS) is 32.8. The van der Waals surface area contributed by atoms with Crippen molar-refractivity contribution in [3.63, 3.8) is 0 Å². The molecule has 4 atom stereocenters. The van der Waals surface area contributed by atoms with Crippen LogP contribution in [0.2, 0.25) is 0 Å². The predicted octanol–water partition coefficient (Wildman–Crippen LogP) is 0.643.